The molecule has 2 N–H and O–H groups in total. The molecule has 0 radical (unpaired) electrons. The Labute approximate surface area is 140 Å². The summed E-state index contributed by atoms with van der Waals surface area (Å²) in [5.74, 6) is -0.122. The Morgan fingerprint density at radius 3 is 3.12 bits per heavy atom. The first-order valence-corrected chi connectivity index (χ1v) is 8.22. The molecule has 3 rings (SSSR count). The zero-order chi connectivity index (χ0) is 16.9. The molecule has 0 aliphatic carbocycles. The number of nitrogens with one attached hydrogen (secondary N) is 2. The lowest BCUT2D eigenvalue weighted by Gasteiger charge is -2.32. The van der Waals surface area contributed by atoms with E-state index in [1.807, 2.05) is 25.4 Å². The van der Waals surface area contributed by atoms with Gasteiger partial charge < -0.3 is 10.1 Å². The highest BCUT2D eigenvalue weighted by Crippen LogP contribution is 2.33. The summed E-state index contributed by atoms with van der Waals surface area (Å²) in [4.78, 5) is 0. The number of aromatic amines is 1. The topological polar surface area (TPSA) is 73.7 Å². The molecule has 3 atom stereocenters. The molecule has 1 aromatic heterocycles. The molecule has 1 saturated heterocycles. The number of benzene rings is 1. The number of rotatable bonds is 5. The van der Waals surface area contributed by atoms with Crippen molar-refractivity contribution in [3.8, 4) is 6.07 Å². The molecule has 0 saturated carbocycles. The Morgan fingerprint density at radius 2 is 2.42 bits per heavy atom. The van der Waals surface area contributed by atoms with Crippen LogP contribution in [-0.2, 0) is 4.74 Å². The van der Waals surface area contributed by atoms with Gasteiger partial charge in [-0.05, 0) is 37.5 Å². The average Bonchev–Trinajstić information content (AvgIpc) is 3.14. The summed E-state index contributed by atoms with van der Waals surface area (Å²) >= 11 is 0. The van der Waals surface area contributed by atoms with E-state index in [0.29, 0.717) is 5.92 Å². The summed E-state index contributed by atoms with van der Waals surface area (Å²) in [6, 6.07) is 6.60. The number of hydrogen-bond donors (Lipinski definition) is 2. The smallest absolute Gasteiger partial charge is 0.141 e. The molecular weight excluding hydrogens is 307 g/mol. The highest BCUT2D eigenvalue weighted by atomic mass is 19.1. The lowest BCUT2D eigenvalue weighted by molar-refractivity contribution is -0.0283. The van der Waals surface area contributed by atoms with Crippen molar-refractivity contribution >= 4 is 0 Å². The first-order valence-electron chi connectivity index (χ1n) is 8.22. The van der Waals surface area contributed by atoms with E-state index in [4.69, 9.17) is 10.00 Å². The van der Waals surface area contributed by atoms with E-state index in [2.05, 4.69) is 15.5 Å². The van der Waals surface area contributed by atoms with Crippen LogP contribution in [0.2, 0.25) is 0 Å². The van der Waals surface area contributed by atoms with Crippen molar-refractivity contribution in [2.45, 2.75) is 31.9 Å². The summed E-state index contributed by atoms with van der Waals surface area (Å²) in [6.45, 7) is 3.54. The molecule has 1 fully saturated rings. The van der Waals surface area contributed by atoms with E-state index in [-0.39, 0.29) is 17.7 Å². The highest BCUT2D eigenvalue weighted by molar-refractivity contribution is 5.34. The van der Waals surface area contributed by atoms with Crippen LogP contribution in [0.4, 0.5) is 4.39 Å². The van der Waals surface area contributed by atoms with Crippen LogP contribution in [0.3, 0.4) is 0 Å². The number of nitriles is 1. The van der Waals surface area contributed by atoms with Crippen molar-refractivity contribution in [1.82, 2.24) is 15.5 Å². The number of nitrogens with zero attached hydrogens (tertiary/aromatic N) is 2. The fraction of sp³-hybridized carbons (Fsp3) is 0.444. The largest absolute Gasteiger partial charge is 0.373 e. The van der Waals surface area contributed by atoms with Gasteiger partial charge in [-0.3, -0.25) is 5.10 Å². The second-order valence-corrected chi connectivity index (χ2v) is 6.21. The maximum atomic E-state index is 13.8. The molecule has 5 nitrogen and oxygen atoms in total. The van der Waals surface area contributed by atoms with Crippen molar-refractivity contribution in [2.24, 2.45) is 5.92 Å². The standard InChI is InChI=1S/C18H21FN4O/c1-12(13-4-5-14(8-20)17(19)7-13)21-9-15-3-2-6-24-18(15)16-10-22-23-11-16/h4-5,7,10-12,15,18,21H,2-3,6,9H2,1H3,(H,22,23)/t12?,15-,18+/m0/s1. The van der Waals surface area contributed by atoms with Crippen LogP contribution < -0.4 is 5.32 Å². The summed E-state index contributed by atoms with van der Waals surface area (Å²) in [5.41, 5.74) is 1.98. The lowest BCUT2D eigenvalue weighted by atomic mass is 9.90. The number of aromatic nitrogens is 2. The fourth-order valence-corrected chi connectivity index (χ4v) is 3.17. The Hall–Kier alpha value is -2.23. The zero-order valence-corrected chi connectivity index (χ0v) is 13.6. The molecular formula is C18H21FN4O. The second-order valence-electron chi connectivity index (χ2n) is 6.21. The summed E-state index contributed by atoms with van der Waals surface area (Å²) in [6.07, 6.45) is 5.85. The Kier molecular flexibility index (Phi) is 5.24. The molecule has 0 bridgehead atoms. The third kappa shape index (κ3) is 3.64. The third-order valence-corrected chi connectivity index (χ3v) is 4.59. The molecule has 2 heterocycles. The van der Waals surface area contributed by atoms with Gasteiger partial charge in [-0.25, -0.2) is 4.39 Å². The fourth-order valence-electron chi connectivity index (χ4n) is 3.17. The van der Waals surface area contributed by atoms with Gasteiger partial charge >= 0.3 is 0 Å². The van der Waals surface area contributed by atoms with Gasteiger partial charge in [-0.15, -0.1) is 0 Å². The van der Waals surface area contributed by atoms with Crippen molar-refractivity contribution in [2.75, 3.05) is 13.2 Å². The third-order valence-electron chi connectivity index (χ3n) is 4.59. The quantitative estimate of drug-likeness (QED) is 0.884. The van der Waals surface area contributed by atoms with Gasteiger partial charge in [0.2, 0.25) is 0 Å². The highest BCUT2D eigenvalue weighted by Gasteiger charge is 2.28. The normalized spacial score (nSPS) is 22.0. The maximum Gasteiger partial charge on any atom is 0.141 e. The predicted octanol–water partition coefficient (Wildman–Crippen LogP) is 3.24. The van der Waals surface area contributed by atoms with E-state index in [9.17, 15) is 4.39 Å². The lowest BCUT2D eigenvalue weighted by Crippen LogP contribution is -2.33. The molecule has 6 heteroatoms. The first kappa shape index (κ1) is 16.6. The monoisotopic (exact) mass is 328 g/mol. The van der Waals surface area contributed by atoms with Gasteiger partial charge in [0.1, 0.15) is 11.9 Å². The number of halogens is 1. The van der Waals surface area contributed by atoms with Crippen molar-refractivity contribution < 1.29 is 9.13 Å². The van der Waals surface area contributed by atoms with Gasteiger partial charge in [-0.1, -0.05) is 6.07 Å². The van der Waals surface area contributed by atoms with Crippen LogP contribution in [0.15, 0.2) is 30.6 Å². The SMILES string of the molecule is CC(NC[C@@H]1CCCO[C@H]1c1cn[nH]c1)c1ccc(C#N)c(F)c1. The maximum absolute atomic E-state index is 13.8. The van der Waals surface area contributed by atoms with Crippen molar-refractivity contribution in [3.63, 3.8) is 0 Å². The van der Waals surface area contributed by atoms with Crippen LogP contribution in [0, 0.1) is 23.1 Å². The molecule has 24 heavy (non-hydrogen) atoms. The zero-order valence-electron chi connectivity index (χ0n) is 13.6. The molecule has 1 aliphatic heterocycles. The predicted molar refractivity (Wildman–Crippen MR) is 87.5 cm³/mol. The van der Waals surface area contributed by atoms with Crippen LogP contribution in [0.25, 0.3) is 0 Å². The van der Waals surface area contributed by atoms with Crippen LogP contribution in [0.1, 0.15) is 48.6 Å². The van der Waals surface area contributed by atoms with Gasteiger partial charge in [0.15, 0.2) is 0 Å². The average molecular weight is 328 g/mol. The van der Waals surface area contributed by atoms with E-state index in [1.54, 1.807) is 6.07 Å². The van der Waals surface area contributed by atoms with Gasteiger partial charge in [-0.2, -0.15) is 10.4 Å². The molecule has 2 aromatic rings. The molecule has 1 aliphatic rings. The minimum absolute atomic E-state index is 0.000769. The van der Waals surface area contributed by atoms with Gasteiger partial charge in [0.25, 0.3) is 0 Å². The Morgan fingerprint density at radius 1 is 1.54 bits per heavy atom. The molecule has 1 unspecified atom stereocenters. The molecule has 0 spiro atoms. The van der Waals surface area contributed by atoms with Crippen LogP contribution in [0.5, 0.6) is 0 Å². The second kappa shape index (κ2) is 7.56. The molecule has 126 valence electrons. The number of ether oxygens (including phenoxy) is 1. The Balaban J connectivity index is 1.63. The van der Waals surface area contributed by atoms with Crippen molar-refractivity contribution in [1.29, 1.82) is 5.26 Å². The van der Waals surface area contributed by atoms with E-state index >= 15 is 0 Å². The van der Waals surface area contributed by atoms with E-state index in [0.717, 1.165) is 37.1 Å². The summed E-state index contributed by atoms with van der Waals surface area (Å²) in [7, 11) is 0. The van der Waals surface area contributed by atoms with Crippen LogP contribution >= 0.6 is 0 Å². The van der Waals surface area contributed by atoms with Crippen LogP contribution in [-0.4, -0.2) is 23.3 Å². The number of hydrogen-bond acceptors (Lipinski definition) is 4. The minimum Gasteiger partial charge on any atom is -0.373 e. The molecule has 1 aromatic carbocycles. The van der Waals surface area contributed by atoms with Gasteiger partial charge in [0.05, 0.1) is 17.9 Å². The minimum atomic E-state index is -0.471. The summed E-state index contributed by atoms with van der Waals surface area (Å²) < 4.78 is 19.7. The molecule has 0 amide bonds. The number of H-pyrrole nitrogens is 1. The Bertz CT molecular complexity index is 710. The van der Waals surface area contributed by atoms with Gasteiger partial charge in [0, 0.05) is 36.9 Å². The first-order chi connectivity index (χ1) is 11.7. The van der Waals surface area contributed by atoms with E-state index < -0.39 is 5.82 Å². The summed E-state index contributed by atoms with van der Waals surface area (Å²) in [5, 5.41) is 19.1. The van der Waals surface area contributed by atoms with E-state index in [1.165, 1.54) is 12.1 Å². The van der Waals surface area contributed by atoms with Crippen molar-refractivity contribution in [3.05, 3.63) is 53.1 Å².